The summed E-state index contributed by atoms with van der Waals surface area (Å²) in [6.45, 7) is 0.493. The van der Waals surface area contributed by atoms with E-state index in [2.05, 4.69) is 16.8 Å². The maximum absolute atomic E-state index is 12.6. The van der Waals surface area contributed by atoms with Crippen molar-refractivity contribution in [3.05, 3.63) is 82.0 Å². The van der Waals surface area contributed by atoms with Crippen molar-refractivity contribution in [2.24, 2.45) is 0 Å². The van der Waals surface area contributed by atoms with Crippen molar-refractivity contribution < 1.29 is 9.53 Å². The number of rotatable bonds is 7. The van der Waals surface area contributed by atoms with Crippen molar-refractivity contribution in [2.45, 2.75) is 17.2 Å². The lowest BCUT2D eigenvalue weighted by Crippen LogP contribution is -2.23. The SMILES string of the molecule is COc1ccc(CNC(=O)c2ccccc2SCc2cccs2)cc1. The van der Waals surface area contributed by atoms with Gasteiger partial charge in [-0.15, -0.1) is 23.1 Å². The molecule has 0 radical (unpaired) electrons. The second-order valence-corrected chi connectivity index (χ2v) is 7.44. The van der Waals surface area contributed by atoms with Crippen molar-refractivity contribution in [3.63, 3.8) is 0 Å². The molecule has 3 rings (SSSR count). The van der Waals surface area contributed by atoms with E-state index in [4.69, 9.17) is 4.74 Å². The molecule has 0 aliphatic rings. The average Bonchev–Trinajstić information content (AvgIpc) is 3.18. The van der Waals surface area contributed by atoms with Gasteiger partial charge in [0.2, 0.25) is 0 Å². The van der Waals surface area contributed by atoms with Crippen LogP contribution in [0.25, 0.3) is 0 Å². The van der Waals surface area contributed by atoms with Crippen molar-refractivity contribution in [1.82, 2.24) is 5.32 Å². The van der Waals surface area contributed by atoms with Crippen molar-refractivity contribution >= 4 is 29.0 Å². The van der Waals surface area contributed by atoms with Gasteiger partial charge in [-0.3, -0.25) is 4.79 Å². The molecule has 3 aromatic rings. The Labute approximate surface area is 156 Å². The summed E-state index contributed by atoms with van der Waals surface area (Å²) < 4.78 is 5.15. The summed E-state index contributed by atoms with van der Waals surface area (Å²) in [5.74, 6) is 1.64. The van der Waals surface area contributed by atoms with Crippen LogP contribution in [0.2, 0.25) is 0 Å². The minimum absolute atomic E-state index is 0.0508. The van der Waals surface area contributed by atoms with Crippen LogP contribution in [0, 0.1) is 0 Å². The molecule has 3 nitrogen and oxygen atoms in total. The number of thioether (sulfide) groups is 1. The van der Waals surface area contributed by atoms with Gasteiger partial charge in [-0.25, -0.2) is 0 Å². The minimum Gasteiger partial charge on any atom is -0.497 e. The van der Waals surface area contributed by atoms with Gasteiger partial charge in [0.1, 0.15) is 5.75 Å². The van der Waals surface area contributed by atoms with Crippen LogP contribution >= 0.6 is 23.1 Å². The Morgan fingerprint density at radius 3 is 2.60 bits per heavy atom. The second-order valence-electron chi connectivity index (χ2n) is 5.39. The molecule has 0 unspecified atom stereocenters. The van der Waals surface area contributed by atoms with Crippen LogP contribution in [0.15, 0.2) is 70.9 Å². The van der Waals surface area contributed by atoms with E-state index >= 15 is 0 Å². The lowest BCUT2D eigenvalue weighted by molar-refractivity contribution is 0.0948. The molecule has 0 saturated carbocycles. The first kappa shape index (κ1) is 17.6. The highest BCUT2D eigenvalue weighted by atomic mass is 32.2. The molecule has 0 saturated heterocycles. The van der Waals surface area contributed by atoms with E-state index in [0.29, 0.717) is 6.54 Å². The number of thiophene rings is 1. The van der Waals surface area contributed by atoms with Crippen molar-refractivity contribution in [2.75, 3.05) is 7.11 Å². The van der Waals surface area contributed by atoms with Gasteiger partial charge in [0.15, 0.2) is 0 Å². The molecule has 0 fully saturated rings. The van der Waals surface area contributed by atoms with Gasteiger partial charge in [0.25, 0.3) is 5.91 Å². The summed E-state index contributed by atoms with van der Waals surface area (Å²) >= 11 is 3.43. The molecule has 1 heterocycles. The van der Waals surface area contributed by atoms with Gasteiger partial charge in [-0.1, -0.05) is 30.3 Å². The average molecular weight is 370 g/mol. The van der Waals surface area contributed by atoms with E-state index in [1.165, 1.54) is 4.88 Å². The molecular weight excluding hydrogens is 350 g/mol. The normalized spacial score (nSPS) is 10.4. The molecule has 1 N–H and O–H groups in total. The van der Waals surface area contributed by atoms with Crippen LogP contribution in [0.3, 0.4) is 0 Å². The number of carbonyl (C=O) groups excluding carboxylic acids is 1. The first-order valence-electron chi connectivity index (χ1n) is 7.91. The Morgan fingerprint density at radius 2 is 1.88 bits per heavy atom. The standard InChI is InChI=1S/C20H19NO2S2/c1-23-16-10-8-15(9-11-16)13-21-20(22)18-6-2-3-7-19(18)25-14-17-5-4-12-24-17/h2-12H,13-14H2,1H3,(H,21,22). The molecule has 128 valence electrons. The lowest BCUT2D eigenvalue weighted by atomic mass is 10.2. The van der Waals surface area contributed by atoms with Gasteiger partial charge in [-0.2, -0.15) is 0 Å². The van der Waals surface area contributed by atoms with E-state index in [1.54, 1.807) is 30.2 Å². The molecule has 0 spiro atoms. The quantitative estimate of drug-likeness (QED) is 0.597. The highest BCUT2D eigenvalue weighted by Gasteiger charge is 2.11. The van der Waals surface area contributed by atoms with Crippen molar-refractivity contribution in [1.29, 1.82) is 0 Å². The summed E-state index contributed by atoms with van der Waals surface area (Å²) in [6, 6.07) is 19.6. The molecule has 0 aliphatic heterocycles. The van der Waals surface area contributed by atoms with Gasteiger partial charge < -0.3 is 10.1 Å². The predicted octanol–water partition coefficient (Wildman–Crippen LogP) is 4.98. The maximum Gasteiger partial charge on any atom is 0.252 e. The van der Waals surface area contributed by atoms with Gasteiger partial charge in [-0.05, 0) is 41.3 Å². The summed E-state index contributed by atoms with van der Waals surface area (Å²) in [5, 5.41) is 5.07. The number of hydrogen-bond donors (Lipinski definition) is 1. The highest BCUT2D eigenvalue weighted by molar-refractivity contribution is 7.98. The van der Waals surface area contributed by atoms with Crippen LogP contribution < -0.4 is 10.1 Å². The third-order valence-electron chi connectivity index (χ3n) is 3.69. The van der Waals surface area contributed by atoms with Gasteiger partial charge >= 0.3 is 0 Å². The van der Waals surface area contributed by atoms with Gasteiger partial charge in [0.05, 0.1) is 12.7 Å². The van der Waals surface area contributed by atoms with E-state index in [1.807, 2.05) is 54.6 Å². The Hall–Kier alpha value is -2.24. The van der Waals surface area contributed by atoms with E-state index in [-0.39, 0.29) is 5.91 Å². The number of carbonyl (C=O) groups is 1. The van der Waals surface area contributed by atoms with Crippen LogP contribution in [-0.4, -0.2) is 13.0 Å². The van der Waals surface area contributed by atoms with Crippen LogP contribution in [0.4, 0.5) is 0 Å². The molecule has 0 atom stereocenters. The van der Waals surface area contributed by atoms with E-state index in [0.717, 1.165) is 27.5 Å². The lowest BCUT2D eigenvalue weighted by Gasteiger charge is -2.10. The largest absolute Gasteiger partial charge is 0.497 e. The second kappa shape index (κ2) is 8.74. The Kier molecular flexibility index (Phi) is 6.14. The molecule has 0 bridgehead atoms. The Balaban J connectivity index is 1.62. The van der Waals surface area contributed by atoms with Crippen LogP contribution in [0.1, 0.15) is 20.8 Å². The fourth-order valence-electron chi connectivity index (χ4n) is 2.34. The molecule has 1 amide bonds. The zero-order chi connectivity index (χ0) is 17.5. The molecule has 2 aromatic carbocycles. The number of benzene rings is 2. The zero-order valence-corrected chi connectivity index (χ0v) is 15.5. The number of ether oxygens (including phenoxy) is 1. The summed E-state index contributed by atoms with van der Waals surface area (Å²) in [4.78, 5) is 14.9. The zero-order valence-electron chi connectivity index (χ0n) is 13.9. The van der Waals surface area contributed by atoms with Crippen LogP contribution in [0.5, 0.6) is 5.75 Å². The number of methoxy groups -OCH3 is 1. The number of nitrogens with one attached hydrogen (secondary N) is 1. The van der Waals surface area contributed by atoms with E-state index in [9.17, 15) is 4.79 Å². The summed E-state index contributed by atoms with van der Waals surface area (Å²) in [7, 11) is 1.64. The van der Waals surface area contributed by atoms with Crippen molar-refractivity contribution in [3.8, 4) is 5.75 Å². The first-order valence-corrected chi connectivity index (χ1v) is 9.78. The monoisotopic (exact) mass is 369 g/mol. The molecule has 5 heteroatoms. The first-order chi connectivity index (χ1) is 12.3. The molecule has 1 aromatic heterocycles. The third kappa shape index (κ3) is 4.87. The number of hydrogen-bond acceptors (Lipinski definition) is 4. The third-order valence-corrected chi connectivity index (χ3v) is 5.88. The molecule has 0 aliphatic carbocycles. The molecule has 25 heavy (non-hydrogen) atoms. The molecular formula is C20H19NO2S2. The predicted molar refractivity (Wildman–Crippen MR) is 104 cm³/mol. The van der Waals surface area contributed by atoms with Crippen LogP contribution in [-0.2, 0) is 12.3 Å². The topological polar surface area (TPSA) is 38.3 Å². The van der Waals surface area contributed by atoms with Gasteiger partial charge in [0, 0.05) is 22.1 Å². The minimum atomic E-state index is -0.0508. The Morgan fingerprint density at radius 1 is 1.08 bits per heavy atom. The summed E-state index contributed by atoms with van der Waals surface area (Å²) in [5.41, 5.74) is 1.76. The fourth-order valence-corrected chi connectivity index (χ4v) is 4.17. The van der Waals surface area contributed by atoms with E-state index < -0.39 is 0 Å². The highest BCUT2D eigenvalue weighted by Crippen LogP contribution is 2.28. The maximum atomic E-state index is 12.6. The summed E-state index contributed by atoms with van der Waals surface area (Å²) in [6.07, 6.45) is 0. The number of amides is 1. The smallest absolute Gasteiger partial charge is 0.252 e. The fraction of sp³-hybridized carbons (Fsp3) is 0.150. The Bertz CT molecular complexity index is 814.